The van der Waals surface area contributed by atoms with Gasteiger partial charge >= 0.3 is 5.97 Å². The predicted octanol–water partition coefficient (Wildman–Crippen LogP) is 3.15. The molecule has 7 nitrogen and oxygen atoms in total. The highest BCUT2D eigenvalue weighted by Crippen LogP contribution is 2.38. The van der Waals surface area contributed by atoms with Gasteiger partial charge in [0.2, 0.25) is 0 Å². The average Bonchev–Trinajstić information content (AvgIpc) is 2.72. The number of fused-ring (bicyclic) bond motifs is 1. The van der Waals surface area contributed by atoms with E-state index in [0.29, 0.717) is 36.0 Å². The van der Waals surface area contributed by atoms with E-state index in [1.807, 2.05) is 12.1 Å². The molecule has 1 saturated heterocycles. The lowest BCUT2D eigenvalue weighted by atomic mass is 9.76. The minimum Gasteiger partial charge on any atom is -0.507 e. The number of carboxylic acid groups (broad SMARTS) is 1. The summed E-state index contributed by atoms with van der Waals surface area (Å²) in [5.74, 6) is -1.21. The number of likely N-dealkylation sites (tertiary alicyclic amines) is 1. The zero-order chi connectivity index (χ0) is 21.1. The largest absolute Gasteiger partial charge is 0.507 e. The fourth-order valence-electron chi connectivity index (χ4n) is 4.32. The number of amides is 1. The van der Waals surface area contributed by atoms with Gasteiger partial charge in [-0.2, -0.15) is 0 Å². The van der Waals surface area contributed by atoms with E-state index in [2.05, 4.69) is 10.2 Å². The van der Waals surface area contributed by atoms with Gasteiger partial charge in [0.25, 0.3) is 5.91 Å². The summed E-state index contributed by atoms with van der Waals surface area (Å²) in [5, 5.41) is 23.9. The second-order valence-electron chi connectivity index (χ2n) is 8.26. The Bertz CT molecular complexity index is 948. The molecule has 30 heavy (non-hydrogen) atoms. The highest BCUT2D eigenvalue weighted by atomic mass is 16.5. The predicted molar refractivity (Wildman–Crippen MR) is 113 cm³/mol. The number of phenols is 1. The molecule has 2 aromatic carbocycles. The lowest BCUT2D eigenvalue weighted by Crippen LogP contribution is -2.59. The third kappa shape index (κ3) is 3.94. The molecule has 1 heterocycles. The Hall–Kier alpha value is -2.80. The van der Waals surface area contributed by atoms with Crippen molar-refractivity contribution in [3.63, 3.8) is 0 Å². The number of nitrogens with zero attached hydrogens (tertiary/aromatic N) is 1. The molecule has 7 heteroatoms. The molecule has 0 radical (unpaired) electrons. The van der Waals surface area contributed by atoms with Gasteiger partial charge in [-0.05, 0) is 51.3 Å². The number of benzene rings is 2. The molecule has 4 rings (SSSR count). The minimum atomic E-state index is -1.23. The van der Waals surface area contributed by atoms with Gasteiger partial charge in [0.05, 0.1) is 5.56 Å². The Balaban J connectivity index is 1.61. The van der Waals surface area contributed by atoms with Crippen molar-refractivity contribution in [2.24, 2.45) is 0 Å². The fraction of sp³-hybridized carbons (Fsp3) is 0.478. The summed E-state index contributed by atoms with van der Waals surface area (Å²) in [6, 6.07) is 8.59. The van der Waals surface area contributed by atoms with Crippen LogP contribution in [0.25, 0.3) is 10.8 Å². The molecule has 1 amide bonds. The molecule has 0 atom stereocenters. The third-order valence-electron chi connectivity index (χ3n) is 6.29. The van der Waals surface area contributed by atoms with Crippen LogP contribution in [0.5, 0.6) is 11.5 Å². The van der Waals surface area contributed by atoms with E-state index in [4.69, 9.17) is 4.74 Å². The summed E-state index contributed by atoms with van der Waals surface area (Å²) in [7, 11) is 0. The Kier molecular flexibility index (Phi) is 5.81. The summed E-state index contributed by atoms with van der Waals surface area (Å²) < 4.78 is 6.09. The Labute approximate surface area is 175 Å². The first kappa shape index (κ1) is 20.5. The highest BCUT2D eigenvalue weighted by molar-refractivity contribution is 6.07. The fourth-order valence-corrected chi connectivity index (χ4v) is 4.32. The maximum Gasteiger partial charge on any atom is 0.329 e. The van der Waals surface area contributed by atoms with Crippen LogP contribution in [0.4, 0.5) is 0 Å². The average molecular weight is 412 g/mol. The monoisotopic (exact) mass is 412 g/mol. The molecule has 0 spiro atoms. The van der Waals surface area contributed by atoms with Gasteiger partial charge in [0.1, 0.15) is 23.6 Å². The summed E-state index contributed by atoms with van der Waals surface area (Å²) in [6.07, 6.45) is 5.20. The number of aromatic hydroxyl groups is 1. The van der Waals surface area contributed by atoms with Gasteiger partial charge < -0.3 is 20.3 Å². The molecule has 1 aliphatic heterocycles. The van der Waals surface area contributed by atoms with E-state index >= 15 is 0 Å². The summed E-state index contributed by atoms with van der Waals surface area (Å²) >= 11 is 0. The number of aliphatic carboxylic acids is 1. The molecule has 2 aliphatic rings. The van der Waals surface area contributed by atoms with E-state index in [0.717, 1.165) is 26.1 Å². The second-order valence-corrected chi connectivity index (χ2v) is 8.26. The van der Waals surface area contributed by atoms with Crippen LogP contribution in [0.1, 0.15) is 48.9 Å². The summed E-state index contributed by atoms with van der Waals surface area (Å²) in [5.41, 5.74) is -1.07. The van der Waals surface area contributed by atoms with Crippen molar-refractivity contribution >= 4 is 22.6 Å². The van der Waals surface area contributed by atoms with Crippen molar-refractivity contribution in [2.45, 2.75) is 44.1 Å². The first-order valence-electron chi connectivity index (χ1n) is 10.7. The number of piperidine rings is 1. The quantitative estimate of drug-likeness (QED) is 0.646. The number of phenolic OH excluding ortho intramolecular Hbond substituents is 1. The van der Waals surface area contributed by atoms with Gasteiger partial charge in [-0.15, -0.1) is 0 Å². The van der Waals surface area contributed by atoms with Crippen LogP contribution >= 0.6 is 0 Å². The maximum absolute atomic E-state index is 13.1. The first-order chi connectivity index (χ1) is 14.5. The van der Waals surface area contributed by atoms with Gasteiger partial charge in [0.15, 0.2) is 0 Å². The van der Waals surface area contributed by atoms with Gasteiger partial charge in [-0.25, -0.2) is 4.79 Å². The number of ether oxygens (including phenoxy) is 1. The Morgan fingerprint density at radius 2 is 1.77 bits per heavy atom. The molecular weight excluding hydrogens is 384 g/mol. The van der Waals surface area contributed by atoms with Crippen LogP contribution < -0.4 is 10.1 Å². The summed E-state index contributed by atoms with van der Waals surface area (Å²) in [6.45, 7) is 3.27. The third-order valence-corrected chi connectivity index (χ3v) is 6.29. The Morgan fingerprint density at radius 1 is 1.07 bits per heavy atom. The van der Waals surface area contributed by atoms with E-state index in [1.165, 1.54) is 25.3 Å². The van der Waals surface area contributed by atoms with Crippen LogP contribution in [0, 0.1) is 0 Å². The number of hydrogen-bond acceptors (Lipinski definition) is 5. The molecule has 1 aliphatic carbocycles. The van der Waals surface area contributed by atoms with Crippen LogP contribution in [-0.4, -0.2) is 58.8 Å². The van der Waals surface area contributed by atoms with Gasteiger partial charge in [0, 0.05) is 17.3 Å². The number of carboxylic acids is 1. The van der Waals surface area contributed by atoms with Crippen LogP contribution in [-0.2, 0) is 4.79 Å². The topological polar surface area (TPSA) is 99.1 Å². The molecule has 3 N–H and O–H groups in total. The van der Waals surface area contributed by atoms with E-state index in [9.17, 15) is 19.8 Å². The molecular formula is C23H28N2O5. The number of nitrogens with one attached hydrogen (secondary N) is 1. The smallest absolute Gasteiger partial charge is 0.329 e. The number of rotatable bonds is 7. The first-order valence-corrected chi connectivity index (χ1v) is 10.7. The number of hydrogen-bond donors (Lipinski definition) is 3. The van der Waals surface area contributed by atoms with E-state index in [-0.39, 0.29) is 11.3 Å². The molecule has 1 saturated carbocycles. The van der Waals surface area contributed by atoms with Crippen LogP contribution in [0.3, 0.4) is 0 Å². The molecule has 0 aromatic heterocycles. The standard InChI is InChI=1S/C23H28N2O5/c26-19-15-18(21(27)24-23(22(28)29)9-6-10-23)20(17-8-3-2-7-16(17)19)30-14-13-25-11-4-1-5-12-25/h2-3,7-8,15,26H,1,4-6,9-14H2,(H,24,27)(H,28,29). The van der Waals surface area contributed by atoms with Crippen molar-refractivity contribution in [2.75, 3.05) is 26.2 Å². The molecule has 0 bridgehead atoms. The van der Waals surface area contributed by atoms with Crippen molar-refractivity contribution < 1.29 is 24.5 Å². The molecule has 0 unspecified atom stereocenters. The van der Waals surface area contributed by atoms with Gasteiger partial charge in [-0.3, -0.25) is 9.69 Å². The highest BCUT2D eigenvalue weighted by Gasteiger charge is 2.46. The van der Waals surface area contributed by atoms with E-state index in [1.54, 1.807) is 12.1 Å². The minimum absolute atomic E-state index is 0.0304. The zero-order valence-corrected chi connectivity index (χ0v) is 17.0. The second kappa shape index (κ2) is 8.52. The molecule has 2 fully saturated rings. The van der Waals surface area contributed by atoms with Crippen LogP contribution in [0.2, 0.25) is 0 Å². The van der Waals surface area contributed by atoms with Crippen molar-refractivity contribution in [3.05, 3.63) is 35.9 Å². The number of carbonyl (C=O) groups is 2. The lowest BCUT2D eigenvalue weighted by molar-refractivity contribution is -0.148. The van der Waals surface area contributed by atoms with Crippen molar-refractivity contribution in [3.8, 4) is 11.5 Å². The summed E-state index contributed by atoms with van der Waals surface area (Å²) in [4.78, 5) is 27.1. The SMILES string of the molecule is O=C(NC1(C(=O)O)CCC1)c1cc(O)c2ccccc2c1OCCN1CCCCC1. The normalized spacial score (nSPS) is 18.5. The van der Waals surface area contributed by atoms with Crippen LogP contribution in [0.15, 0.2) is 30.3 Å². The van der Waals surface area contributed by atoms with Crippen molar-refractivity contribution in [1.82, 2.24) is 10.2 Å². The zero-order valence-electron chi connectivity index (χ0n) is 17.0. The molecule has 2 aromatic rings. The van der Waals surface area contributed by atoms with E-state index < -0.39 is 17.4 Å². The maximum atomic E-state index is 13.1. The van der Waals surface area contributed by atoms with Gasteiger partial charge in [-0.1, -0.05) is 30.7 Å². The molecule has 160 valence electrons. The van der Waals surface area contributed by atoms with Crippen molar-refractivity contribution in [1.29, 1.82) is 0 Å². The lowest BCUT2D eigenvalue weighted by Gasteiger charge is -2.38. The Morgan fingerprint density at radius 3 is 2.40 bits per heavy atom. The number of carbonyl (C=O) groups excluding carboxylic acids is 1.